The number of nitrogens with one attached hydrogen (secondary N) is 2. The molecule has 4 nitrogen and oxygen atoms in total. The summed E-state index contributed by atoms with van der Waals surface area (Å²) in [6.07, 6.45) is 4.27. The number of carbonyl (C=O) groups excluding carboxylic acids is 1. The molecule has 2 heterocycles. The molecule has 0 radical (unpaired) electrons. The lowest BCUT2D eigenvalue weighted by atomic mass is 10.1. The summed E-state index contributed by atoms with van der Waals surface area (Å²) in [6.45, 7) is 0.480. The van der Waals surface area contributed by atoms with Crippen LogP contribution in [0.25, 0.3) is 17.0 Å². The Labute approximate surface area is 151 Å². The number of nitrogens with zero attached hydrogens (tertiary/aromatic N) is 1. The van der Waals surface area contributed by atoms with Gasteiger partial charge in [-0.05, 0) is 52.2 Å². The standard InChI is InChI=1S/C18H14BrN3OS/c19-17-6-5-14(24-17)9-13(10-20)18(23)21-8-7-12-11-22-16-4-2-1-3-15(12)16/h1-6,9,11,22H,7-8H2,(H,21,23)/b13-9+. The summed E-state index contributed by atoms with van der Waals surface area (Å²) in [5.74, 6) is -0.345. The number of aromatic amines is 1. The number of amides is 1. The Hall–Kier alpha value is -2.36. The highest BCUT2D eigenvalue weighted by atomic mass is 79.9. The van der Waals surface area contributed by atoms with Crippen molar-refractivity contribution in [3.8, 4) is 6.07 Å². The van der Waals surface area contributed by atoms with E-state index in [9.17, 15) is 10.1 Å². The monoisotopic (exact) mass is 399 g/mol. The molecular formula is C18H14BrN3OS. The fourth-order valence-corrected chi connectivity index (χ4v) is 3.81. The highest BCUT2D eigenvalue weighted by Crippen LogP contribution is 2.24. The third-order valence-corrected chi connectivity index (χ3v) is 5.17. The smallest absolute Gasteiger partial charge is 0.261 e. The van der Waals surface area contributed by atoms with Crippen LogP contribution in [0.5, 0.6) is 0 Å². The summed E-state index contributed by atoms with van der Waals surface area (Å²) in [7, 11) is 0. The zero-order valence-corrected chi connectivity index (χ0v) is 15.1. The Balaban J connectivity index is 1.62. The number of nitriles is 1. The largest absolute Gasteiger partial charge is 0.361 e. The minimum absolute atomic E-state index is 0.114. The van der Waals surface area contributed by atoms with E-state index in [0.29, 0.717) is 13.0 Å². The van der Waals surface area contributed by atoms with Gasteiger partial charge in [-0.2, -0.15) is 5.26 Å². The zero-order chi connectivity index (χ0) is 16.9. The Morgan fingerprint density at radius 1 is 1.33 bits per heavy atom. The van der Waals surface area contributed by atoms with Crippen molar-refractivity contribution in [1.29, 1.82) is 5.26 Å². The molecule has 0 bridgehead atoms. The second kappa shape index (κ2) is 7.47. The summed E-state index contributed by atoms with van der Waals surface area (Å²) in [5.41, 5.74) is 2.35. The first kappa shape index (κ1) is 16.5. The first-order valence-corrected chi connectivity index (χ1v) is 8.98. The second-order valence-electron chi connectivity index (χ2n) is 5.18. The average Bonchev–Trinajstić information content (AvgIpc) is 3.19. The Morgan fingerprint density at radius 3 is 2.92 bits per heavy atom. The molecule has 24 heavy (non-hydrogen) atoms. The van der Waals surface area contributed by atoms with E-state index >= 15 is 0 Å². The molecule has 2 aromatic heterocycles. The molecule has 0 aliphatic heterocycles. The number of H-pyrrole nitrogens is 1. The molecule has 0 atom stereocenters. The molecule has 0 aliphatic rings. The molecule has 0 saturated carbocycles. The van der Waals surface area contributed by atoms with Crippen LogP contribution in [0.1, 0.15) is 10.4 Å². The molecule has 1 amide bonds. The molecule has 1 aromatic carbocycles. The Kier molecular flexibility index (Phi) is 5.14. The van der Waals surface area contributed by atoms with Gasteiger partial charge in [-0.3, -0.25) is 4.79 Å². The fourth-order valence-electron chi connectivity index (χ4n) is 2.44. The van der Waals surface area contributed by atoms with E-state index in [4.69, 9.17) is 0 Å². The van der Waals surface area contributed by atoms with Crippen molar-refractivity contribution in [3.63, 3.8) is 0 Å². The lowest BCUT2D eigenvalue weighted by molar-refractivity contribution is -0.117. The summed E-state index contributed by atoms with van der Waals surface area (Å²) < 4.78 is 0.964. The van der Waals surface area contributed by atoms with Crippen molar-refractivity contribution >= 4 is 50.2 Å². The number of benzene rings is 1. The molecular weight excluding hydrogens is 386 g/mol. The molecule has 120 valence electrons. The quantitative estimate of drug-likeness (QED) is 0.497. The highest BCUT2D eigenvalue weighted by molar-refractivity contribution is 9.11. The highest BCUT2D eigenvalue weighted by Gasteiger charge is 2.10. The van der Waals surface area contributed by atoms with E-state index < -0.39 is 0 Å². The van der Waals surface area contributed by atoms with Crippen LogP contribution < -0.4 is 5.32 Å². The predicted molar refractivity (Wildman–Crippen MR) is 101 cm³/mol. The van der Waals surface area contributed by atoms with E-state index in [1.165, 1.54) is 11.3 Å². The van der Waals surface area contributed by atoms with Crippen LogP contribution in [0.3, 0.4) is 0 Å². The van der Waals surface area contributed by atoms with Crippen LogP contribution in [0, 0.1) is 11.3 Å². The number of thiophene rings is 1. The molecule has 3 rings (SSSR count). The van der Waals surface area contributed by atoms with Crippen molar-refractivity contribution in [2.24, 2.45) is 0 Å². The van der Waals surface area contributed by atoms with Crippen molar-refractivity contribution in [1.82, 2.24) is 10.3 Å². The second-order valence-corrected chi connectivity index (χ2v) is 7.67. The summed E-state index contributed by atoms with van der Waals surface area (Å²) in [5, 5.41) is 13.2. The van der Waals surface area contributed by atoms with Gasteiger partial charge in [-0.1, -0.05) is 18.2 Å². The normalized spacial score (nSPS) is 11.4. The number of hydrogen-bond acceptors (Lipinski definition) is 3. The van der Waals surface area contributed by atoms with Gasteiger partial charge in [-0.25, -0.2) is 0 Å². The number of fused-ring (bicyclic) bond motifs is 1. The fraction of sp³-hybridized carbons (Fsp3) is 0.111. The minimum atomic E-state index is -0.345. The van der Waals surface area contributed by atoms with Gasteiger partial charge in [0.2, 0.25) is 0 Å². The van der Waals surface area contributed by atoms with Gasteiger partial charge in [-0.15, -0.1) is 11.3 Å². The SMILES string of the molecule is N#C/C(=C\c1ccc(Br)s1)C(=O)NCCc1c[nH]c2ccccc12. The topological polar surface area (TPSA) is 68.7 Å². The van der Waals surface area contributed by atoms with E-state index in [-0.39, 0.29) is 11.5 Å². The molecule has 3 aromatic rings. The molecule has 0 saturated heterocycles. The summed E-state index contributed by atoms with van der Waals surface area (Å²) in [4.78, 5) is 16.2. The zero-order valence-electron chi connectivity index (χ0n) is 12.7. The number of halogens is 1. The number of carbonyl (C=O) groups is 1. The van der Waals surface area contributed by atoms with Crippen LogP contribution in [0.15, 0.2) is 52.0 Å². The van der Waals surface area contributed by atoms with Gasteiger partial charge < -0.3 is 10.3 Å². The van der Waals surface area contributed by atoms with Gasteiger partial charge in [0.15, 0.2) is 0 Å². The molecule has 0 fully saturated rings. The van der Waals surface area contributed by atoms with Gasteiger partial charge in [0.1, 0.15) is 11.6 Å². The maximum Gasteiger partial charge on any atom is 0.261 e. The van der Waals surface area contributed by atoms with Crippen LogP contribution in [-0.4, -0.2) is 17.4 Å². The first-order valence-electron chi connectivity index (χ1n) is 7.37. The molecule has 0 spiro atoms. The van der Waals surface area contributed by atoms with Gasteiger partial charge >= 0.3 is 0 Å². The van der Waals surface area contributed by atoms with Crippen LogP contribution in [0.2, 0.25) is 0 Å². The van der Waals surface area contributed by atoms with E-state index in [1.54, 1.807) is 6.08 Å². The van der Waals surface area contributed by atoms with Crippen LogP contribution in [-0.2, 0) is 11.2 Å². The van der Waals surface area contributed by atoms with Crippen molar-refractivity contribution in [3.05, 3.63) is 62.4 Å². The number of aromatic nitrogens is 1. The van der Waals surface area contributed by atoms with Gasteiger partial charge in [0.25, 0.3) is 5.91 Å². The molecule has 6 heteroatoms. The summed E-state index contributed by atoms with van der Waals surface area (Å²) >= 11 is 4.84. The minimum Gasteiger partial charge on any atom is -0.361 e. The Bertz CT molecular complexity index is 948. The third kappa shape index (κ3) is 3.75. The number of hydrogen-bond donors (Lipinski definition) is 2. The van der Waals surface area contributed by atoms with E-state index in [1.807, 2.05) is 42.6 Å². The lowest BCUT2D eigenvalue weighted by Crippen LogP contribution is -2.26. The maximum absolute atomic E-state index is 12.2. The average molecular weight is 400 g/mol. The van der Waals surface area contributed by atoms with Crippen LogP contribution >= 0.6 is 27.3 Å². The summed E-state index contributed by atoms with van der Waals surface area (Å²) in [6, 6.07) is 13.8. The lowest BCUT2D eigenvalue weighted by Gasteiger charge is -2.03. The van der Waals surface area contributed by atoms with E-state index in [0.717, 1.165) is 25.1 Å². The number of rotatable bonds is 5. The third-order valence-electron chi connectivity index (χ3n) is 3.60. The number of para-hydroxylation sites is 1. The molecule has 2 N–H and O–H groups in total. The van der Waals surface area contributed by atoms with Crippen molar-refractivity contribution in [2.45, 2.75) is 6.42 Å². The predicted octanol–water partition coefficient (Wildman–Crippen LogP) is 4.26. The molecule has 0 aliphatic carbocycles. The van der Waals surface area contributed by atoms with Gasteiger partial charge in [0, 0.05) is 28.5 Å². The Morgan fingerprint density at radius 2 is 2.17 bits per heavy atom. The first-order chi connectivity index (χ1) is 11.7. The maximum atomic E-state index is 12.2. The van der Waals surface area contributed by atoms with Gasteiger partial charge in [0.05, 0.1) is 3.79 Å². The molecule has 0 unspecified atom stereocenters. The van der Waals surface area contributed by atoms with Crippen LogP contribution in [0.4, 0.5) is 0 Å². The van der Waals surface area contributed by atoms with Crippen molar-refractivity contribution < 1.29 is 4.79 Å². The van der Waals surface area contributed by atoms with Crippen molar-refractivity contribution in [2.75, 3.05) is 6.54 Å². The van der Waals surface area contributed by atoms with E-state index in [2.05, 4.69) is 32.3 Å².